The third kappa shape index (κ3) is 3.75. The maximum absolute atomic E-state index is 12.3. The van der Waals surface area contributed by atoms with Gasteiger partial charge in [-0.1, -0.05) is 16.8 Å². The van der Waals surface area contributed by atoms with Crippen LogP contribution < -0.4 is 5.73 Å². The highest BCUT2D eigenvalue weighted by Gasteiger charge is 2.32. The van der Waals surface area contributed by atoms with Crippen molar-refractivity contribution < 1.29 is 14.1 Å². The van der Waals surface area contributed by atoms with Gasteiger partial charge in [-0.15, -0.1) is 0 Å². The smallest absolute Gasteiger partial charge is 0.227 e. The van der Waals surface area contributed by atoms with Crippen LogP contribution in [0.2, 0.25) is 5.02 Å². The molecule has 2 aromatic rings. The first kappa shape index (κ1) is 16.9. The van der Waals surface area contributed by atoms with Crippen LogP contribution in [0.5, 0.6) is 0 Å². The largest absolute Gasteiger partial charge is 0.378 e. The van der Waals surface area contributed by atoms with E-state index in [1.54, 1.807) is 24.1 Å². The molecule has 0 spiro atoms. The molecule has 1 aromatic carbocycles. The number of amides is 1. The topological polar surface area (TPSA) is 94.5 Å². The molecule has 7 nitrogen and oxygen atoms in total. The minimum absolute atomic E-state index is 0.0104. The molecule has 2 atom stereocenters. The zero-order valence-corrected chi connectivity index (χ0v) is 14.1. The fourth-order valence-corrected chi connectivity index (χ4v) is 2.82. The molecule has 24 heavy (non-hydrogen) atoms. The van der Waals surface area contributed by atoms with Crippen LogP contribution in [0.25, 0.3) is 11.4 Å². The number of aromatic nitrogens is 2. The molecule has 0 bridgehead atoms. The first-order valence-corrected chi connectivity index (χ1v) is 8.09. The Morgan fingerprint density at radius 3 is 2.83 bits per heavy atom. The number of benzene rings is 1. The van der Waals surface area contributed by atoms with Crippen LogP contribution in [-0.2, 0) is 16.0 Å². The monoisotopic (exact) mass is 350 g/mol. The molecule has 2 N–H and O–H groups in total. The molecule has 3 rings (SSSR count). The van der Waals surface area contributed by atoms with E-state index in [0.717, 1.165) is 5.56 Å². The Morgan fingerprint density at radius 1 is 1.42 bits per heavy atom. The van der Waals surface area contributed by atoms with Crippen LogP contribution >= 0.6 is 11.6 Å². The van der Waals surface area contributed by atoms with Crippen LogP contribution in [0, 0.1) is 0 Å². The number of halogens is 1. The summed E-state index contributed by atoms with van der Waals surface area (Å²) >= 11 is 5.86. The van der Waals surface area contributed by atoms with Gasteiger partial charge in [-0.2, -0.15) is 4.98 Å². The van der Waals surface area contributed by atoms with Gasteiger partial charge in [0.2, 0.25) is 17.6 Å². The molecule has 2 heterocycles. The zero-order valence-electron chi connectivity index (χ0n) is 13.3. The minimum Gasteiger partial charge on any atom is -0.378 e. The zero-order chi connectivity index (χ0) is 17.1. The van der Waals surface area contributed by atoms with Crippen LogP contribution in [0.4, 0.5) is 0 Å². The molecule has 1 amide bonds. The molecule has 1 saturated heterocycles. The Balaban J connectivity index is 1.56. The quantitative estimate of drug-likeness (QED) is 0.878. The summed E-state index contributed by atoms with van der Waals surface area (Å²) in [5.41, 5.74) is 6.75. The van der Waals surface area contributed by atoms with Crippen molar-refractivity contribution in [1.29, 1.82) is 0 Å². The number of likely N-dealkylation sites (tertiary alicyclic amines) is 1. The summed E-state index contributed by atoms with van der Waals surface area (Å²) in [7, 11) is 1.61. The van der Waals surface area contributed by atoms with Crippen molar-refractivity contribution in [2.24, 2.45) is 5.73 Å². The first-order valence-electron chi connectivity index (χ1n) is 7.71. The summed E-state index contributed by atoms with van der Waals surface area (Å²) in [6.45, 7) is 1.04. The lowest BCUT2D eigenvalue weighted by atomic mass is 10.2. The number of carbonyl (C=O) groups excluding carboxylic acids is 1. The molecule has 1 aliphatic heterocycles. The maximum Gasteiger partial charge on any atom is 0.227 e. The number of ether oxygens (including phenoxy) is 1. The van der Waals surface area contributed by atoms with Crippen molar-refractivity contribution in [3.05, 3.63) is 35.2 Å². The van der Waals surface area contributed by atoms with Gasteiger partial charge >= 0.3 is 0 Å². The van der Waals surface area contributed by atoms with Gasteiger partial charge in [0, 0.05) is 43.6 Å². The Bertz CT molecular complexity index is 704. The molecule has 1 aromatic heterocycles. The number of aryl methyl sites for hydroxylation is 1. The second-order valence-corrected chi connectivity index (χ2v) is 6.19. The van der Waals surface area contributed by atoms with E-state index < -0.39 is 0 Å². The molecular weight excluding hydrogens is 332 g/mol. The van der Waals surface area contributed by atoms with E-state index >= 15 is 0 Å². The molecule has 0 radical (unpaired) electrons. The number of rotatable bonds is 5. The van der Waals surface area contributed by atoms with Crippen molar-refractivity contribution >= 4 is 17.5 Å². The van der Waals surface area contributed by atoms with Crippen molar-refractivity contribution in [2.45, 2.75) is 25.0 Å². The SMILES string of the molecule is CO[C@@H]1CN(C(=O)CCc2nc(-c3ccc(Cl)cc3)no2)C[C@H]1N. The van der Waals surface area contributed by atoms with E-state index in [4.69, 9.17) is 26.6 Å². The van der Waals surface area contributed by atoms with Crippen molar-refractivity contribution in [3.63, 3.8) is 0 Å². The standard InChI is InChI=1S/C16H19ClN4O3/c1-23-13-9-21(8-12(13)18)15(22)7-6-14-19-16(20-24-14)10-2-4-11(17)5-3-10/h2-5,12-13H,6-9,18H2,1H3/t12-,13-/m1/s1. The van der Waals surface area contributed by atoms with Gasteiger partial charge < -0.3 is 19.9 Å². The second-order valence-electron chi connectivity index (χ2n) is 5.76. The van der Waals surface area contributed by atoms with Gasteiger partial charge in [0.05, 0.1) is 12.1 Å². The summed E-state index contributed by atoms with van der Waals surface area (Å²) < 4.78 is 10.5. The third-order valence-corrected chi connectivity index (χ3v) is 4.34. The van der Waals surface area contributed by atoms with Gasteiger partial charge in [0.25, 0.3) is 0 Å². The normalized spacial score (nSPS) is 20.5. The highest BCUT2D eigenvalue weighted by molar-refractivity contribution is 6.30. The van der Waals surface area contributed by atoms with E-state index in [9.17, 15) is 4.79 Å². The fraction of sp³-hybridized carbons (Fsp3) is 0.438. The number of nitrogens with zero attached hydrogens (tertiary/aromatic N) is 3. The summed E-state index contributed by atoms with van der Waals surface area (Å²) in [4.78, 5) is 18.3. The second kappa shape index (κ2) is 7.29. The summed E-state index contributed by atoms with van der Waals surface area (Å²) in [5, 5.41) is 4.58. The third-order valence-electron chi connectivity index (χ3n) is 4.09. The predicted octanol–water partition coefficient (Wildman–Crippen LogP) is 1.51. The van der Waals surface area contributed by atoms with Gasteiger partial charge in [-0.05, 0) is 24.3 Å². The van der Waals surface area contributed by atoms with Crippen LogP contribution in [0.1, 0.15) is 12.3 Å². The fourth-order valence-electron chi connectivity index (χ4n) is 2.70. The summed E-state index contributed by atoms with van der Waals surface area (Å²) in [5.74, 6) is 0.924. The molecule has 1 fully saturated rings. The van der Waals surface area contributed by atoms with Gasteiger partial charge in [-0.25, -0.2) is 0 Å². The molecule has 0 unspecified atom stereocenters. The van der Waals surface area contributed by atoms with Gasteiger partial charge in [-0.3, -0.25) is 4.79 Å². The lowest BCUT2D eigenvalue weighted by Crippen LogP contribution is -2.34. The Morgan fingerprint density at radius 2 is 2.17 bits per heavy atom. The minimum atomic E-state index is -0.140. The number of nitrogens with two attached hydrogens (primary N) is 1. The van der Waals surface area contributed by atoms with Crippen molar-refractivity contribution in [2.75, 3.05) is 20.2 Å². The Kier molecular flexibility index (Phi) is 5.13. The predicted molar refractivity (Wildman–Crippen MR) is 88.4 cm³/mol. The number of hydrogen-bond donors (Lipinski definition) is 1. The van der Waals surface area contributed by atoms with Crippen LogP contribution in [-0.4, -0.2) is 53.3 Å². The number of hydrogen-bond acceptors (Lipinski definition) is 6. The van der Waals surface area contributed by atoms with Crippen LogP contribution in [0.3, 0.4) is 0 Å². The molecule has 0 aliphatic carbocycles. The summed E-state index contributed by atoms with van der Waals surface area (Å²) in [6, 6.07) is 7.02. The van der Waals surface area contributed by atoms with E-state index in [2.05, 4.69) is 10.1 Å². The van der Waals surface area contributed by atoms with Crippen molar-refractivity contribution in [3.8, 4) is 11.4 Å². The highest BCUT2D eigenvalue weighted by atomic mass is 35.5. The first-order chi connectivity index (χ1) is 11.6. The lowest BCUT2D eigenvalue weighted by Gasteiger charge is -2.15. The molecule has 1 aliphatic rings. The highest BCUT2D eigenvalue weighted by Crippen LogP contribution is 2.19. The van der Waals surface area contributed by atoms with E-state index in [0.29, 0.717) is 42.7 Å². The van der Waals surface area contributed by atoms with Gasteiger partial charge in [0.1, 0.15) is 0 Å². The Hall–Kier alpha value is -1.96. The molecular formula is C16H19ClN4O3. The van der Waals surface area contributed by atoms with E-state index in [1.807, 2.05) is 12.1 Å². The van der Waals surface area contributed by atoms with Crippen molar-refractivity contribution in [1.82, 2.24) is 15.0 Å². The maximum atomic E-state index is 12.3. The van der Waals surface area contributed by atoms with E-state index in [-0.39, 0.29) is 18.1 Å². The summed E-state index contributed by atoms with van der Waals surface area (Å²) in [6.07, 6.45) is 0.586. The average Bonchev–Trinajstić information content (AvgIpc) is 3.20. The van der Waals surface area contributed by atoms with Gasteiger partial charge in [0.15, 0.2) is 0 Å². The molecule has 0 saturated carbocycles. The number of methoxy groups -OCH3 is 1. The van der Waals surface area contributed by atoms with E-state index in [1.165, 1.54) is 0 Å². The Labute approximate surface area is 144 Å². The average molecular weight is 351 g/mol. The van der Waals surface area contributed by atoms with Crippen LogP contribution in [0.15, 0.2) is 28.8 Å². The molecule has 8 heteroatoms. The number of carbonyl (C=O) groups is 1. The molecule has 128 valence electrons. The lowest BCUT2D eigenvalue weighted by molar-refractivity contribution is -0.130.